The van der Waals surface area contributed by atoms with Crippen LogP contribution in [-0.4, -0.2) is 96.2 Å². The topological polar surface area (TPSA) is 150 Å². The number of anilines is 1. The molecule has 0 radical (unpaired) electrons. The van der Waals surface area contributed by atoms with Crippen molar-refractivity contribution < 1.29 is 33.6 Å². The van der Waals surface area contributed by atoms with Gasteiger partial charge in [0.2, 0.25) is 5.91 Å². The SMILES string of the molecule is CC(C)CC(NC(=O)C(NC(=O)c1cccc(-c2ccccc2)n1)C(C)O)B1OC(=O)[C@@H]2CN(c3ccccc3)C[C@@H](C(=O)O1)N2C. The lowest BCUT2D eigenvalue weighted by atomic mass is 9.73. The Hall–Kier alpha value is -4.75. The molecule has 0 spiro atoms. The summed E-state index contributed by atoms with van der Waals surface area (Å²) < 4.78 is 11.6. The molecule has 13 heteroatoms. The Morgan fingerprint density at radius 3 is 2.06 bits per heavy atom. The predicted molar refractivity (Wildman–Crippen MR) is 176 cm³/mol. The van der Waals surface area contributed by atoms with Gasteiger partial charge in [-0.1, -0.05) is 68.4 Å². The van der Waals surface area contributed by atoms with Crippen molar-refractivity contribution in [3.63, 3.8) is 0 Å². The minimum Gasteiger partial charge on any atom is -0.497 e. The van der Waals surface area contributed by atoms with E-state index in [1.165, 1.54) is 13.0 Å². The van der Waals surface area contributed by atoms with Crippen LogP contribution in [0.4, 0.5) is 5.69 Å². The van der Waals surface area contributed by atoms with Crippen molar-refractivity contribution in [3.05, 3.63) is 84.6 Å². The van der Waals surface area contributed by atoms with E-state index in [0.29, 0.717) is 18.8 Å². The Balaban J connectivity index is 1.32. The number of carbonyl (C=O) groups is 4. The number of hydrogen-bond donors (Lipinski definition) is 3. The third-order valence-electron chi connectivity index (χ3n) is 8.38. The van der Waals surface area contributed by atoms with Crippen molar-refractivity contribution in [3.8, 4) is 11.3 Å². The molecule has 2 aliphatic rings. The fourth-order valence-corrected chi connectivity index (χ4v) is 5.84. The van der Waals surface area contributed by atoms with Gasteiger partial charge >= 0.3 is 19.1 Å². The molecule has 2 aliphatic heterocycles. The van der Waals surface area contributed by atoms with Crippen LogP contribution in [0.15, 0.2) is 78.9 Å². The van der Waals surface area contributed by atoms with Gasteiger partial charge in [-0.2, -0.15) is 0 Å². The summed E-state index contributed by atoms with van der Waals surface area (Å²) in [6, 6.07) is 20.9. The van der Waals surface area contributed by atoms with Crippen LogP contribution in [0, 0.1) is 5.92 Å². The van der Waals surface area contributed by atoms with Crippen LogP contribution in [0.25, 0.3) is 11.3 Å². The molecule has 2 amide bonds. The standard InChI is InChI=1S/C34H40BN5O7/c1-21(2)18-29(35-46-33(44)27-19-40(24-14-9-6-10-15-24)20-28(39(27)4)34(45)47-35)37-32(43)30(22(3)41)38-31(42)26-17-11-16-25(36-26)23-12-7-5-8-13-23/h5-17,21-22,27-30,41H,18-20H2,1-4H3,(H,37,43)(H,38,42)/t22?,27-,28-,29?,30?/m0/s1. The molecule has 1 aromatic heterocycles. The number of nitrogens with zero attached hydrogens (tertiary/aromatic N) is 3. The summed E-state index contributed by atoms with van der Waals surface area (Å²) in [5, 5.41) is 15.9. The van der Waals surface area contributed by atoms with Gasteiger partial charge in [-0.15, -0.1) is 0 Å². The number of pyridine rings is 1. The van der Waals surface area contributed by atoms with Crippen molar-refractivity contribution in [1.29, 1.82) is 0 Å². The van der Waals surface area contributed by atoms with Crippen LogP contribution in [-0.2, 0) is 23.7 Å². The number of rotatable bonds is 10. The minimum atomic E-state index is -1.42. The van der Waals surface area contributed by atoms with Crippen LogP contribution in [0.2, 0.25) is 0 Å². The summed E-state index contributed by atoms with van der Waals surface area (Å²) in [5.41, 5.74) is 2.32. The Morgan fingerprint density at radius 1 is 0.894 bits per heavy atom. The quantitative estimate of drug-likeness (QED) is 0.281. The maximum absolute atomic E-state index is 13.6. The number of fused-ring (bicyclic) bond motifs is 2. The Labute approximate surface area is 274 Å². The second-order valence-corrected chi connectivity index (χ2v) is 12.4. The van der Waals surface area contributed by atoms with Gasteiger partial charge in [0.15, 0.2) is 0 Å². The van der Waals surface area contributed by atoms with E-state index in [-0.39, 0.29) is 18.0 Å². The number of aliphatic hydroxyl groups excluding tert-OH is 1. The van der Waals surface area contributed by atoms with Crippen molar-refractivity contribution in [2.45, 2.75) is 57.4 Å². The Morgan fingerprint density at radius 2 is 1.49 bits per heavy atom. The summed E-state index contributed by atoms with van der Waals surface area (Å²) >= 11 is 0. The van der Waals surface area contributed by atoms with Gasteiger partial charge in [0.25, 0.3) is 5.91 Å². The molecular formula is C34H40BN5O7. The number of aromatic nitrogens is 1. The van der Waals surface area contributed by atoms with E-state index in [4.69, 9.17) is 9.31 Å². The molecule has 2 aromatic carbocycles. The number of amides is 2. The van der Waals surface area contributed by atoms with Gasteiger partial charge < -0.3 is 29.9 Å². The normalized spacial score (nSPS) is 20.3. The monoisotopic (exact) mass is 641 g/mol. The van der Waals surface area contributed by atoms with E-state index in [1.54, 1.807) is 24.1 Å². The van der Waals surface area contributed by atoms with E-state index in [1.807, 2.05) is 79.4 Å². The molecule has 12 nitrogen and oxygen atoms in total. The molecule has 0 aliphatic carbocycles. The maximum atomic E-state index is 13.6. The average Bonchev–Trinajstić information content (AvgIpc) is 3.06. The first-order valence-corrected chi connectivity index (χ1v) is 15.8. The number of nitrogens with one attached hydrogen (secondary N) is 2. The number of para-hydroxylation sites is 1. The molecule has 5 atom stereocenters. The molecule has 3 aromatic rings. The third-order valence-corrected chi connectivity index (χ3v) is 8.38. The zero-order chi connectivity index (χ0) is 33.7. The molecule has 3 N–H and O–H groups in total. The summed E-state index contributed by atoms with van der Waals surface area (Å²) in [7, 11) is 0.270. The molecule has 2 saturated heterocycles. The highest BCUT2D eigenvalue weighted by atomic mass is 16.6. The van der Waals surface area contributed by atoms with Crippen LogP contribution < -0.4 is 15.5 Å². The first kappa shape index (κ1) is 33.6. The van der Waals surface area contributed by atoms with Gasteiger partial charge in [0.05, 0.1) is 17.7 Å². The number of aliphatic hydroxyl groups is 1. The van der Waals surface area contributed by atoms with Gasteiger partial charge in [0, 0.05) is 24.3 Å². The highest BCUT2D eigenvalue weighted by molar-refractivity contribution is 6.51. The summed E-state index contributed by atoms with van der Waals surface area (Å²) in [5.74, 6) is -3.55. The predicted octanol–water partition coefficient (Wildman–Crippen LogP) is 2.08. The molecular weight excluding hydrogens is 601 g/mol. The lowest BCUT2D eigenvalue weighted by Gasteiger charge is -2.45. The first-order valence-electron chi connectivity index (χ1n) is 15.8. The van der Waals surface area contributed by atoms with Crippen LogP contribution in [0.1, 0.15) is 37.7 Å². The molecule has 5 rings (SSSR count). The molecule has 47 heavy (non-hydrogen) atoms. The Bertz CT molecular complexity index is 1550. The van der Waals surface area contributed by atoms with Crippen LogP contribution in [0.3, 0.4) is 0 Å². The zero-order valence-electron chi connectivity index (χ0n) is 26.9. The van der Waals surface area contributed by atoms with E-state index in [9.17, 15) is 24.3 Å². The number of piperazine rings is 1. The molecule has 2 fully saturated rings. The van der Waals surface area contributed by atoms with Gasteiger partial charge in [0.1, 0.15) is 23.8 Å². The zero-order valence-corrected chi connectivity index (χ0v) is 26.9. The largest absolute Gasteiger partial charge is 0.622 e. The van der Waals surface area contributed by atoms with E-state index in [2.05, 4.69) is 15.6 Å². The summed E-state index contributed by atoms with van der Waals surface area (Å²) in [6.45, 7) is 5.79. The highest BCUT2D eigenvalue weighted by Gasteiger charge is 2.50. The lowest BCUT2D eigenvalue weighted by molar-refractivity contribution is -0.155. The van der Waals surface area contributed by atoms with Crippen molar-refractivity contribution >= 4 is 36.6 Å². The number of benzene rings is 2. The molecule has 0 saturated carbocycles. The van der Waals surface area contributed by atoms with Crippen molar-refractivity contribution in [2.24, 2.45) is 5.92 Å². The number of likely N-dealkylation sites (N-methyl/N-ethyl adjacent to an activating group) is 1. The van der Waals surface area contributed by atoms with Crippen LogP contribution in [0.5, 0.6) is 0 Å². The molecule has 2 bridgehead atoms. The second-order valence-electron chi connectivity index (χ2n) is 12.4. The van der Waals surface area contributed by atoms with E-state index < -0.39 is 61.0 Å². The van der Waals surface area contributed by atoms with E-state index >= 15 is 0 Å². The smallest absolute Gasteiger partial charge is 0.497 e. The summed E-state index contributed by atoms with van der Waals surface area (Å²) in [4.78, 5) is 62.0. The average molecular weight is 642 g/mol. The third kappa shape index (κ3) is 7.98. The minimum absolute atomic E-state index is 0.0107. The number of hydrogen-bond acceptors (Lipinski definition) is 10. The van der Waals surface area contributed by atoms with Gasteiger partial charge in [-0.3, -0.25) is 24.1 Å². The molecule has 246 valence electrons. The fraction of sp³-hybridized carbons (Fsp3) is 0.382. The molecule has 3 heterocycles. The van der Waals surface area contributed by atoms with E-state index in [0.717, 1.165) is 11.3 Å². The lowest BCUT2D eigenvalue weighted by Crippen LogP contribution is -2.67. The summed E-state index contributed by atoms with van der Waals surface area (Å²) in [6.07, 6.45) is -1.02. The van der Waals surface area contributed by atoms with Crippen molar-refractivity contribution in [2.75, 3.05) is 25.0 Å². The van der Waals surface area contributed by atoms with Crippen LogP contribution >= 0.6 is 0 Å². The fourth-order valence-electron chi connectivity index (χ4n) is 5.84. The first-order chi connectivity index (χ1) is 22.5. The maximum Gasteiger partial charge on any atom is 0.622 e. The van der Waals surface area contributed by atoms with Gasteiger partial charge in [-0.25, -0.2) is 4.98 Å². The Kier molecular flexibility index (Phi) is 10.6. The number of carbonyl (C=O) groups excluding carboxylic acids is 4. The van der Waals surface area contributed by atoms with Crippen molar-refractivity contribution in [1.82, 2.24) is 20.5 Å². The van der Waals surface area contributed by atoms with Gasteiger partial charge in [-0.05, 0) is 50.6 Å². The second kappa shape index (κ2) is 14.8. The molecule has 3 unspecified atom stereocenters. The highest BCUT2D eigenvalue weighted by Crippen LogP contribution is 2.26.